The number of aromatic hydroxyl groups is 2. The Bertz CT molecular complexity index is 1230. The number of fused-ring (bicyclic) bond motifs is 2. The predicted molar refractivity (Wildman–Crippen MR) is 106 cm³/mol. The third-order valence-corrected chi connectivity index (χ3v) is 5.65. The average molecular weight is 414 g/mol. The number of benzene rings is 2. The van der Waals surface area contributed by atoms with E-state index in [1.165, 1.54) is 24.3 Å². The van der Waals surface area contributed by atoms with Crippen molar-refractivity contribution in [2.24, 2.45) is 0 Å². The highest BCUT2D eigenvalue weighted by atomic mass is 35.5. The van der Waals surface area contributed by atoms with E-state index in [9.17, 15) is 14.6 Å². The summed E-state index contributed by atoms with van der Waals surface area (Å²) in [4.78, 5) is 5.40. The van der Waals surface area contributed by atoms with Crippen molar-refractivity contribution in [3.63, 3.8) is 0 Å². The molecule has 0 unspecified atom stereocenters. The van der Waals surface area contributed by atoms with Crippen LogP contribution in [0.1, 0.15) is 16.8 Å². The van der Waals surface area contributed by atoms with Gasteiger partial charge in [-0.3, -0.25) is 4.90 Å². The normalized spacial score (nSPS) is 14.4. The lowest BCUT2D eigenvalue weighted by Gasteiger charge is -2.26. The minimum absolute atomic E-state index is 0.122. The van der Waals surface area contributed by atoms with E-state index in [4.69, 9.17) is 16.1 Å². The Morgan fingerprint density at radius 3 is 2.93 bits per heavy atom. The Labute approximate surface area is 170 Å². The van der Waals surface area contributed by atoms with Crippen molar-refractivity contribution in [1.29, 1.82) is 0 Å². The predicted octanol–water partition coefficient (Wildman–Crippen LogP) is 4.58. The summed E-state index contributed by atoms with van der Waals surface area (Å²) < 4.78 is 19.2. The molecule has 29 heavy (non-hydrogen) atoms. The first-order chi connectivity index (χ1) is 14.0. The molecule has 8 heteroatoms. The van der Waals surface area contributed by atoms with Crippen molar-refractivity contribution < 1.29 is 19.1 Å². The number of hydrogen-bond donors (Lipinski definition) is 3. The van der Waals surface area contributed by atoms with Crippen molar-refractivity contribution in [1.82, 2.24) is 15.0 Å². The fraction of sp³-hybridized carbons (Fsp3) is 0.190. The quantitative estimate of drug-likeness (QED) is 0.457. The summed E-state index contributed by atoms with van der Waals surface area (Å²) in [5, 5.41) is 25.1. The number of halogens is 2. The summed E-state index contributed by atoms with van der Waals surface area (Å²) in [6.07, 6.45) is 2.60. The maximum absolute atomic E-state index is 13.7. The fourth-order valence-corrected chi connectivity index (χ4v) is 4.03. The largest absolute Gasteiger partial charge is 0.507 e. The van der Waals surface area contributed by atoms with Crippen LogP contribution in [-0.4, -0.2) is 31.8 Å². The van der Waals surface area contributed by atoms with E-state index in [0.29, 0.717) is 30.8 Å². The molecule has 3 N–H and O–H groups in total. The number of phenolic OH excluding ortho intramolecular Hbond substituents is 2. The molecule has 4 aromatic rings. The molecular weight excluding hydrogens is 397 g/mol. The standard InChI is InChI=1S/C21H17ClFN3O3/c22-16-6-14(19(27)7-20(16)28)21-15-10-26(4-3-18(15)25-29-21)9-11-8-24-17-2-1-12(23)5-13(11)17/h1-2,5-8,24,27-28H,3-4,9-10H2. The first kappa shape index (κ1) is 18.0. The molecule has 1 aliphatic heterocycles. The van der Waals surface area contributed by atoms with E-state index in [0.717, 1.165) is 34.3 Å². The minimum Gasteiger partial charge on any atom is -0.507 e. The number of nitrogens with zero attached hydrogens (tertiary/aromatic N) is 2. The number of phenols is 2. The van der Waals surface area contributed by atoms with Crippen LogP contribution < -0.4 is 0 Å². The molecule has 0 saturated carbocycles. The molecule has 0 amide bonds. The summed E-state index contributed by atoms with van der Waals surface area (Å²) in [6, 6.07) is 7.37. The molecule has 0 radical (unpaired) electrons. The van der Waals surface area contributed by atoms with Crippen molar-refractivity contribution in [2.45, 2.75) is 19.5 Å². The SMILES string of the molecule is Oc1cc(O)c(-c2onc3c2CN(Cc2c[nH]c4ccc(F)cc24)CC3)cc1Cl. The lowest BCUT2D eigenvalue weighted by atomic mass is 10.0. The first-order valence-electron chi connectivity index (χ1n) is 9.16. The maximum Gasteiger partial charge on any atom is 0.175 e. The molecule has 2 aromatic carbocycles. The molecule has 148 valence electrons. The van der Waals surface area contributed by atoms with Crippen molar-refractivity contribution in [3.8, 4) is 22.8 Å². The van der Waals surface area contributed by atoms with Crippen LogP contribution in [0.5, 0.6) is 11.5 Å². The van der Waals surface area contributed by atoms with Crippen LogP contribution in [0.3, 0.4) is 0 Å². The van der Waals surface area contributed by atoms with E-state index < -0.39 is 0 Å². The Balaban J connectivity index is 1.46. The molecule has 1 aliphatic rings. The second-order valence-corrected chi connectivity index (χ2v) is 7.63. The topological polar surface area (TPSA) is 85.5 Å². The molecule has 0 spiro atoms. The third-order valence-electron chi connectivity index (χ3n) is 5.35. The number of rotatable bonds is 3. The molecule has 2 aromatic heterocycles. The molecule has 0 aliphatic carbocycles. The van der Waals surface area contributed by atoms with Crippen LogP contribution >= 0.6 is 11.6 Å². The maximum atomic E-state index is 13.7. The van der Waals surface area contributed by atoms with Gasteiger partial charge in [-0.2, -0.15) is 0 Å². The van der Waals surface area contributed by atoms with Gasteiger partial charge in [0, 0.05) is 54.8 Å². The number of hydrogen-bond acceptors (Lipinski definition) is 5. The van der Waals surface area contributed by atoms with Gasteiger partial charge in [0.15, 0.2) is 5.76 Å². The summed E-state index contributed by atoms with van der Waals surface area (Å²) in [5.74, 6) is -0.154. The summed E-state index contributed by atoms with van der Waals surface area (Å²) in [5.41, 5.74) is 4.01. The van der Waals surface area contributed by atoms with Gasteiger partial charge in [-0.1, -0.05) is 16.8 Å². The number of aromatic nitrogens is 2. The van der Waals surface area contributed by atoms with E-state index in [1.54, 1.807) is 6.07 Å². The Morgan fingerprint density at radius 1 is 1.21 bits per heavy atom. The molecule has 3 heterocycles. The number of aromatic amines is 1. The lowest BCUT2D eigenvalue weighted by molar-refractivity contribution is 0.245. The lowest BCUT2D eigenvalue weighted by Crippen LogP contribution is -2.29. The molecule has 5 rings (SSSR count). The summed E-state index contributed by atoms with van der Waals surface area (Å²) >= 11 is 6.01. The van der Waals surface area contributed by atoms with Crippen molar-refractivity contribution >= 4 is 22.5 Å². The van der Waals surface area contributed by atoms with Gasteiger partial charge in [-0.15, -0.1) is 0 Å². The van der Waals surface area contributed by atoms with E-state index in [2.05, 4.69) is 15.0 Å². The highest BCUT2D eigenvalue weighted by molar-refractivity contribution is 6.32. The van der Waals surface area contributed by atoms with Crippen LogP contribution in [-0.2, 0) is 19.5 Å². The van der Waals surface area contributed by atoms with Gasteiger partial charge in [0.1, 0.15) is 17.3 Å². The summed E-state index contributed by atoms with van der Waals surface area (Å²) in [6.45, 7) is 1.98. The van der Waals surface area contributed by atoms with E-state index >= 15 is 0 Å². The third kappa shape index (κ3) is 3.12. The molecule has 0 saturated heterocycles. The molecule has 0 atom stereocenters. The first-order valence-corrected chi connectivity index (χ1v) is 9.54. The van der Waals surface area contributed by atoms with Crippen LogP contribution in [0.2, 0.25) is 5.02 Å². The number of H-pyrrole nitrogens is 1. The molecule has 6 nitrogen and oxygen atoms in total. The molecular formula is C21H17ClFN3O3. The van der Waals surface area contributed by atoms with Gasteiger partial charge in [0.2, 0.25) is 0 Å². The van der Waals surface area contributed by atoms with Gasteiger partial charge in [-0.25, -0.2) is 4.39 Å². The minimum atomic E-state index is -0.264. The van der Waals surface area contributed by atoms with Gasteiger partial charge in [-0.05, 0) is 29.8 Å². The van der Waals surface area contributed by atoms with Gasteiger partial charge in [0.05, 0.1) is 16.3 Å². The highest BCUT2D eigenvalue weighted by Crippen LogP contribution is 2.40. The van der Waals surface area contributed by atoms with Crippen molar-refractivity contribution in [2.75, 3.05) is 6.54 Å². The number of nitrogens with one attached hydrogen (secondary N) is 1. The van der Waals surface area contributed by atoms with Crippen LogP contribution in [0.15, 0.2) is 41.1 Å². The zero-order chi connectivity index (χ0) is 20.1. The van der Waals surface area contributed by atoms with Crippen LogP contribution in [0.25, 0.3) is 22.2 Å². The van der Waals surface area contributed by atoms with Crippen LogP contribution in [0, 0.1) is 5.82 Å². The zero-order valence-electron chi connectivity index (χ0n) is 15.2. The van der Waals surface area contributed by atoms with Crippen LogP contribution in [0.4, 0.5) is 4.39 Å². The fourth-order valence-electron chi connectivity index (χ4n) is 3.87. The monoisotopic (exact) mass is 413 g/mol. The van der Waals surface area contributed by atoms with Gasteiger partial charge >= 0.3 is 0 Å². The highest BCUT2D eigenvalue weighted by Gasteiger charge is 2.27. The summed E-state index contributed by atoms with van der Waals surface area (Å²) in [7, 11) is 0. The second kappa shape index (κ2) is 6.79. The zero-order valence-corrected chi connectivity index (χ0v) is 16.0. The van der Waals surface area contributed by atoms with E-state index in [1.807, 2.05) is 6.20 Å². The second-order valence-electron chi connectivity index (χ2n) is 7.22. The smallest absolute Gasteiger partial charge is 0.175 e. The van der Waals surface area contributed by atoms with Gasteiger partial charge < -0.3 is 19.7 Å². The average Bonchev–Trinajstić information content (AvgIpc) is 3.29. The van der Waals surface area contributed by atoms with Crippen molar-refractivity contribution in [3.05, 3.63) is 64.2 Å². The Hall–Kier alpha value is -3.03. The molecule has 0 fully saturated rings. The Kier molecular flexibility index (Phi) is 4.22. The Morgan fingerprint density at radius 2 is 2.07 bits per heavy atom. The van der Waals surface area contributed by atoms with E-state index in [-0.39, 0.29) is 22.3 Å². The van der Waals surface area contributed by atoms with Gasteiger partial charge in [0.25, 0.3) is 0 Å². The molecule has 0 bridgehead atoms.